The van der Waals surface area contributed by atoms with E-state index in [4.69, 9.17) is 0 Å². The monoisotopic (exact) mass is 333 g/mol. The molecule has 4 nitrogen and oxygen atoms in total. The lowest BCUT2D eigenvalue weighted by atomic mass is 10.0. The number of para-hydroxylation sites is 1. The van der Waals surface area contributed by atoms with Gasteiger partial charge in [0.1, 0.15) is 0 Å². The molecule has 3 aromatic rings. The van der Waals surface area contributed by atoms with Gasteiger partial charge in [0.15, 0.2) is 0 Å². The van der Waals surface area contributed by atoms with Crippen molar-refractivity contribution in [3.05, 3.63) is 77.1 Å². The van der Waals surface area contributed by atoms with Gasteiger partial charge in [-0.25, -0.2) is 4.68 Å². The van der Waals surface area contributed by atoms with Crippen molar-refractivity contribution in [3.63, 3.8) is 0 Å². The van der Waals surface area contributed by atoms with E-state index < -0.39 is 0 Å². The van der Waals surface area contributed by atoms with Crippen molar-refractivity contribution in [2.24, 2.45) is 0 Å². The largest absolute Gasteiger partial charge is 0.321 e. The normalized spacial score (nSPS) is 10.7. The lowest BCUT2D eigenvalue weighted by Gasteiger charge is -2.14. The maximum atomic E-state index is 12.7. The van der Waals surface area contributed by atoms with Crippen molar-refractivity contribution in [2.75, 3.05) is 5.32 Å². The van der Waals surface area contributed by atoms with Crippen LogP contribution in [0.25, 0.3) is 5.69 Å². The zero-order valence-corrected chi connectivity index (χ0v) is 14.9. The number of aromatic nitrogens is 2. The van der Waals surface area contributed by atoms with Crippen molar-refractivity contribution in [2.45, 2.75) is 33.6 Å². The van der Waals surface area contributed by atoms with E-state index in [1.54, 1.807) is 4.68 Å². The summed E-state index contributed by atoms with van der Waals surface area (Å²) in [6.45, 7) is 6.21. The second kappa shape index (κ2) is 7.34. The fraction of sp³-hybridized carbons (Fsp3) is 0.238. The Bertz CT molecular complexity index is 856. The molecule has 1 aromatic heterocycles. The van der Waals surface area contributed by atoms with Gasteiger partial charge in [-0.1, -0.05) is 32.0 Å². The number of hydrogen-bond donors (Lipinski definition) is 1. The first-order valence-corrected chi connectivity index (χ1v) is 8.66. The average Bonchev–Trinajstić information content (AvgIpc) is 3.08. The Balaban J connectivity index is 1.82. The van der Waals surface area contributed by atoms with E-state index in [-0.39, 0.29) is 5.91 Å². The quantitative estimate of drug-likeness (QED) is 0.744. The third kappa shape index (κ3) is 3.63. The zero-order valence-electron chi connectivity index (χ0n) is 14.9. The van der Waals surface area contributed by atoms with E-state index >= 15 is 0 Å². The van der Waals surface area contributed by atoms with Gasteiger partial charge in [0.05, 0.1) is 11.9 Å². The number of carbonyl (C=O) groups excluding carboxylic acids is 1. The topological polar surface area (TPSA) is 46.9 Å². The molecule has 0 bridgehead atoms. The number of benzene rings is 2. The minimum atomic E-state index is -0.0844. The number of nitrogens with zero attached hydrogens (tertiary/aromatic N) is 2. The summed E-state index contributed by atoms with van der Waals surface area (Å²) < 4.78 is 1.80. The minimum absolute atomic E-state index is 0.0844. The number of hydrogen-bond acceptors (Lipinski definition) is 2. The molecule has 0 aliphatic rings. The fourth-order valence-corrected chi connectivity index (χ4v) is 2.91. The second-order valence-electron chi connectivity index (χ2n) is 6.12. The highest BCUT2D eigenvalue weighted by molar-refractivity contribution is 6.05. The van der Waals surface area contributed by atoms with Gasteiger partial charge in [-0.15, -0.1) is 0 Å². The Morgan fingerprint density at radius 1 is 1.04 bits per heavy atom. The molecule has 1 heterocycles. The molecule has 0 aliphatic carbocycles. The number of nitrogens with one attached hydrogen (secondary N) is 1. The van der Waals surface area contributed by atoms with E-state index in [0.29, 0.717) is 5.56 Å². The highest BCUT2D eigenvalue weighted by Gasteiger charge is 2.12. The van der Waals surface area contributed by atoms with Crippen LogP contribution in [0.2, 0.25) is 0 Å². The van der Waals surface area contributed by atoms with Gasteiger partial charge in [-0.2, -0.15) is 5.10 Å². The Kier molecular flexibility index (Phi) is 4.98. The fourth-order valence-electron chi connectivity index (χ4n) is 2.91. The van der Waals surface area contributed by atoms with Crippen molar-refractivity contribution in [1.82, 2.24) is 9.78 Å². The van der Waals surface area contributed by atoms with Gasteiger partial charge in [0, 0.05) is 17.4 Å². The summed E-state index contributed by atoms with van der Waals surface area (Å²) in [5.74, 6) is -0.0844. The number of rotatable bonds is 5. The molecular formula is C21H23N3O. The van der Waals surface area contributed by atoms with Gasteiger partial charge in [0.25, 0.3) is 5.91 Å². The molecule has 0 atom stereocenters. The standard InChI is InChI=1S/C21H23N3O/c1-4-16-7-6-8-17(5-2)20(16)23-21(25)18-9-11-19(12-10-18)24-14-15(3)13-22-24/h6-14H,4-5H2,1-3H3,(H,23,25). The molecule has 0 aliphatic heterocycles. The van der Waals surface area contributed by atoms with Crippen molar-refractivity contribution in [3.8, 4) is 5.69 Å². The van der Waals surface area contributed by atoms with Gasteiger partial charge in [-0.05, 0) is 60.7 Å². The molecule has 0 saturated carbocycles. The van der Waals surface area contributed by atoms with Crippen LogP contribution in [0.4, 0.5) is 5.69 Å². The first-order chi connectivity index (χ1) is 12.1. The summed E-state index contributed by atoms with van der Waals surface area (Å²) in [6.07, 6.45) is 5.55. The van der Waals surface area contributed by atoms with Gasteiger partial charge < -0.3 is 5.32 Å². The molecule has 25 heavy (non-hydrogen) atoms. The number of carbonyl (C=O) groups is 1. The summed E-state index contributed by atoms with van der Waals surface area (Å²) in [5.41, 5.74) is 5.95. The van der Waals surface area contributed by atoms with E-state index in [1.807, 2.05) is 49.6 Å². The van der Waals surface area contributed by atoms with Crippen LogP contribution in [-0.2, 0) is 12.8 Å². The Labute approximate surface area is 148 Å². The second-order valence-corrected chi connectivity index (χ2v) is 6.12. The van der Waals surface area contributed by atoms with Crippen LogP contribution in [0.15, 0.2) is 54.9 Å². The molecule has 1 N–H and O–H groups in total. The van der Waals surface area contributed by atoms with E-state index in [1.165, 1.54) is 0 Å². The Morgan fingerprint density at radius 2 is 1.68 bits per heavy atom. The summed E-state index contributed by atoms with van der Waals surface area (Å²) >= 11 is 0. The molecule has 0 radical (unpaired) electrons. The summed E-state index contributed by atoms with van der Waals surface area (Å²) in [7, 11) is 0. The summed E-state index contributed by atoms with van der Waals surface area (Å²) in [5, 5.41) is 7.39. The first kappa shape index (κ1) is 17.0. The maximum absolute atomic E-state index is 12.7. The van der Waals surface area contributed by atoms with Crippen LogP contribution in [0.3, 0.4) is 0 Å². The number of aryl methyl sites for hydroxylation is 3. The third-order valence-corrected chi connectivity index (χ3v) is 4.34. The predicted molar refractivity (Wildman–Crippen MR) is 101 cm³/mol. The van der Waals surface area contributed by atoms with Gasteiger partial charge in [-0.3, -0.25) is 4.79 Å². The van der Waals surface area contributed by atoms with E-state index in [0.717, 1.165) is 40.9 Å². The molecule has 1 amide bonds. The molecule has 0 unspecified atom stereocenters. The first-order valence-electron chi connectivity index (χ1n) is 8.66. The Morgan fingerprint density at radius 3 is 2.20 bits per heavy atom. The van der Waals surface area contributed by atoms with Crippen molar-refractivity contribution >= 4 is 11.6 Å². The van der Waals surface area contributed by atoms with Gasteiger partial charge in [0.2, 0.25) is 0 Å². The molecule has 2 aromatic carbocycles. The smallest absolute Gasteiger partial charge is 0.255 e. The molecule has 4 heteroatoms. The molecule has 3 rings (SSSR count). The van der Waals surface area contributed by atoms with Crippen LogP contribution in [0, 0.1) is 6.92 Å². The summed E-state index contributed by atoms with van der Waals surface area (Å²) in [4.78, 5) is 12.7. The van der Waals surface area contributed by atoms with Crippen molar-refractivity contribution in [1.29, 1.82) is 0 Å². The molecule has 0 fully saturated rings. The van der Waals surface area contributed by atoms with Gasteiger partial charge >= 0.3 is 0 Å². The van der Waals surface area contributed by atoms with E-state index in [2.05, 4.69) is 36.4 Å². The number of amides is 1. The van der Waals surface area contributed by atoms with Crippen LogP contribution >= 0.6 is 0 Å². The molecular weight excluding hydrogens is 310 g/mol. The molecule has 128 valence electrons. The maximum Gasteiger partial charge on any atom is 0.255 e. The van der Waals surface area contributed by atoms with Crippen molar-refractivity contribution < 1.29 is 4.79 Å². The lowest BCUT2D eigenvalue weighted by molar-refractivity contribution is 0.102. The molecule has 0 saturated heterocycles. The predicted octanol–water partition coefficient (Wildman–Crippen LogP) is 4.56. The average molecular weight is 333 g/mol. The van der Waals surface area contributed by atoms with Crippen LogP contribution in [0.1, 0.15) is 40.9 Å². The van der Waals surface area contributed by atoms with Crippen LogP contribution in [-0.4, -0.2) is 15.7 Å². The lowest BCUT2D eigenvalue weighted by Crippen LogP contribution is -2.15. The third-order valence-electron chi connectivity index (χ3n) is 4.34. The zero-order chi connectivity index (χ0) is 17.8. The number of anilines is 1. The van der Waals surface area contributed by atoms with E-state index in [9.17, 15) is 4.79 Å². The Hall–Kier alpha value is -2.88. The van der Waals surface area contributed by atoms with Crippen LogP contribution in [0.5, 0.6) is 0 Å². The highest BCUT2D eigenvalue weighted by Crippen LogP contribution is 2.23. The SMILES string of the molecule is CCc1cccc(CC)c1NC(=O)c1ccc(-n2cc(C)cn2)cc1. The van der Waals surface area contributed by atoms with Crippen LogP contribution < -0.4 is 5.32 Å². The summed E-state index contributed by atoms with van der Waals surface area (Å²) in [6, 6.07) is 13.7. The highest BCUT2D eigenvalue weighted by atomic mass is 16.1. The minimum Gasteiger partial charge on any atom is -0.321 e. The molecule has 0 spiro atoms.